The van der Waals surface area contributed by atoms with Crippen molar-refractivity contribution in [3.63, 3.8) is 0 Å². The van der Waals surface area contributed by atoms with Crippen LogP contribution in [0, 0.1) is 24.1 Å². The Hall–Kier alpha value is -2.39. The van der Waals surface area contributed by atoms with E-state index in [0.717, 1.165) is 12.8 Å². The highest BCUT2D eigenvalue weighted by atomic mass is 35.5. The summed E-state index contributed by atoms with van der Waals surface area (Å²) in [6.45, 7) is 3.40. The van der Waals surface area contributed by atoms with Crippen molar-refractivity contribution in [1.82, 2.24) is 25.0 Å². The number of hydroxylamine groups is 2. The fourth-order valence-electron chi connectivity index (χ4n) is 4.65. The predicted octanol–water partition coefficient (Wildman–Crippen LogP) is 2.88. The third-order valence-electron chi connectivity index (χ3n) is 6.49. The molecule has 10 heteroatoms. The van der Waals surface area contributed by atoms with E-state index in [4.69, 9.17) is 16.4 Å². The highest BCUT2D eigenvalue weighted by molar-refractivity contribution is 6.28. The minimum atomic E-state index is -0.366. The van der Waals surface area contributed by atoms with Gasteiger partial charge in [0.2, 0.25) is 11.2 Å². The number of pyridine rings is 1. The number of nitrogens with zero attached hydrogens (tertiary/aromatic N) is 6. The number of anilines is 1. The summed E-state index contributed by atoms with van der Waals surface area (Å²) in [5, 5.41) is 1.63. The summed E-state index contributed by atoms with van der Waals surface area (Å²) < 4.78 is 14.0. The van der Waals surface area contributed by atoms with Gasteiger partial charge in [-0.25, -0.2) is 19.4 Å². The van der Waals surface area contributed by atoms with E-state index in [-0.39, 0.29) is 34.4 Å². The van der Waals surface area contributed by atoms with E-state index in [2.05, 4.69) is 24.8 Å². The molecule has 1 saturated carbocycles. The number of aromatic nitrogens is 4. The Morgan fingerprint density at radius 3 is 2.87 bits per heavy atom. The van der Waals surface area contributed by atoms with Gasteiger partial charge in [0.25, 0.3) is 5.91 Å². The van der Waals surface area contributed by atoms with Crippen LogP contribution in [-0.4, -0.2) is 50.6 Å². The lowest BCUT2D eigenvalue weighted by atomic mass is 9.81. The van der Waals surface area contributed by atoms with E-state index in [9.17, 15) is 9.18 Å². The van der Waals surface area contributed by atoms with Crippen molar-refractivity contribution in [2.75, 3.05) is 24.6 Å². The van der Waals surface area contributed by atoms with Crippen LogP contribution in [0.3, 0.4) is 0 Å². The predicted molar refractivity (Wildman–Crippen MR) is 106 cm³/mol. The molecule has 1 amide bonds. The average molecular weight is 433 g/mol. The molecule has 1 aliphatic carbocycles. The molecule has 3 fully saturated rings. The van der Waals surface area contributed by atoms with Gasteiger partial charge in [-0.05, 0) is 54.8 Å². The maximum atomic E-state index is 14.0. The van der Waals surface area contributed by atoms with Crippen LogP contribution in [0.1, 0.15) is 43.0 Å². The second-order valence-corrected chi connectivity index (χ2v) is 8.66. The van der Waals surface area contributed by atoms with E-state index < -0.39 is 0 Å². The van der Waals surface area contributed by atoms with Crippen molar-refractivity contribution in [2.45, 2.75) is 38.6 Å². The van der Waals surface area contributed by atoms with Crippen molar-refractivity contribution in [3.8, 4) is 0 Å². The summed E-state index contributed by atoms with van der Waals surface area (Å²) in [5.41, 5.74) is 0.908. The van der Waals surface area contributed by atoms with Gasteiger partial charge < -0.3 is 4.90 Å². The number of aryl methyl sites for hydroxylation is 1. The Morgan fingerprint density at radius 1 is 1.30 bits per heavy atom. The Bertz CT molecular complexity index is 988. The Kier molecular flexibility index (Phi) is 4.82. The zero-order valence-corrected chi connectivity index (χ0v) is 17.3. The normalized spacial score (nSPS) is 25.0. The molecule has 2 aromatic rings. The van der Waals surface area contributed by atoms with Gasteiger partial charge in [-0.3, -0.25) is 14.6 Å². The van der Waals surface area contributed by atoms with Gasteiger partial charge in [-0.15, -0.1) is 0 Å². The number of carbonyl (C=O) groups excluding carboxylic acids is 1. The molecule has 2 atom stereocenters. The number of hydrogen-bond acceptors (Lipinski definition) is 7. The topological polar surface area (TPSA) is 84.3 Å². The maximum absolute atomic E-state index is 14.0. The molecule has 2 aromatic heterocycles. The van der Waals surface area contributed by atoms with E-state index >= 15 is 0 Å². The SMILES string of the molecule is Cc1ncc([C@@H]2CCON2C(=O)[C@@H]2CCN(c3ncnc(Cl)n3)CC23CC3)cc1F. The Labute approximate surface area is 178 Å². The van der Waals surface area contributed by atoms with Crippen LogP contribution in [0.5, 0.6) is 0 Å². The first-order valence-electron chi connectivity index (χ1n) is 10.1. The lowest BCUT2D eigenvalue weighted by Crippen LogP contribution is -2.49. The van der Waals surface area contributed by atoms with Crippen molar-refractivity contribution in [1.29, 1.82) is 0 Å². The second-order valence-electron chi connectivity index (χ2n) is 8.32. The highest BCUT2D eigenvalue weighted by Crippen LogP contribution is 2.57. The lowest BCUT2D eigenvalue weighted by molar-refractivity contribution is -0.185. The number of carbonyl (C=O) groups is 1. The molecule has 0 N–H and O–H groups in total. The summed E-state index contributed by atoms with van der Waals surface area (Å²) in [6.07, 6.45) is 6.28. The zero-order valence-electron chi connectivity index (χ0n) is 16.6. The monoisotopic (exact) mass is 432 g/mol. The Morgan fingerprint density at radius 2 is 2.13 bits per heavy atom. The van der Waals surface area contributed by atoms with Crippen LogP contribution in [0.25, 0.3) is 0 Å². The molecule has 1 spiro atoms. The maximum Gasteiger partial charge on any atom is 0.250 e. The van der Waals surface area contributed by atoms with Crippen LogP contribution in [0.15, 0.2) is 18.6 Å². The van der Waals surface area contributed by atoms with E-state index in [1.807, 2.05) is 0 Å². The van der Waals surface area contributed by atoms with Crippen LogP contribution in [0.2, 0.25) is 5.28 Å². The van der Waals surface area contributed by atoms with Gasteiger partial charge in [0, 0.05) is 31.6 Å². The van der Waals surface area contributed by atoms with Crippen molar-refractivity contribution in [3.05, 3.63) is 40.9 Å². The van der Waals surface area contributed by atoms with Gasteiger partial charge in [-0.2, -0.15) is 4.98 Å². The largest absolute Gasteiger partial charge is 0.340 e. The molecule has 5 rings (SSSR count). The van der Waals surface area contributed by atoms with Crippen molar-refractivity contribution in [2.24, 2.45) is 11.3 Å². The number of halogens is 2. The molecule has 3 aliphatic rings. The number of amides is 1. The molecule has 158 valence electrons. The lowest BCUT2D eigenvalue weighted by Gasteiger charge is -2.40. The third-order valence-corrected chi connectivity index (χ3v) is 6.67. The number of rotatable bonds is 3. The smallest absolute Gasteiger partial charge is 0.250 e. The van der Waals surface area contributed by atoms with Crippen LogP contribution in [-0.2, 0) is 9.63 Å². The zero-order chi connectivity index (χ0) is 20.9. The van der Waals surface area contributed by atoms with Gasteiger partial charge in [0.05, 0.1) is 18.3 Å². The molecule has 2 saturated heterocycles. The summed E-state index contributed by atoms with van der Waals surface area (Å²) in [4.78, 5) is 37.7. The number of hydrogen-bond donors (Lipinski definition) is 0. The molecular formula is C20H22ClFN6O2. The minimum absolute atomic E-state index is 0.0238. The summed E-state index contributed by atoms with van der Waals surface area (Å²) in [7, 11) is 0. The van der Waals surface area contributed by atoms with E-state index in [1.54, 1.807) is 13.1 Å². The fourth-order valence-corrected chi connectivity index (χ4v) is 4.77. The molecule has 0 radical (unpaired) electrons. The molecular weight excluding hydrogens is 411 g/mol. The molecule has 0 bridgehead atoms. The standard InChI is InChI=1S/C20H22ClFN6O2/c1-12-15(22)8-13(9-23-12)16-3-7-30-28(16)17(29)14-2-6-27(10-20(14)4-5-20)19-25-11-24-18(21)26-19/h8-9,11,14,16H,2-7,10H2,1H3/t14-,16-/m0/s1. The minimum Gasteiger partial charge on any atom is -0.340 e. The van der Waals surface area contributed by atoms with Gasteiger partial charge >= 0.3 is 0 Å². The van der Waals surface area contributed by atoms with Crippen LogP contribution in [0.4, 0.5) is 10.3 Å². The van der Waals surface area contributed by atoms with E-state index in [1.165, 1.54) is 17.5 Å². The summed E-state index contributed by atoms with van der Waals surface area (Å²) in [6, 6.07) is 1.15. The van der Waals surface area contributed by atoms with Gasteiger partial charge in [-0.1, -0.05) is 0 Å². The first-order chi connectivity index (χ1) is 14.5. The van der Waals surface area contributed by atoms with Crippen molar-refractivity contribution >= 4 is 23.5 Å². The molecule has 8 nitrogen and oxygen atoms in total. The quantitative estimate of drug-likeness (QED) is 0.737. The molecule has 4 heterocycles. The van der Waals surface area contributed by atoms with Crippen LogP contribution >= 0.6 is 11.6 Å². The van der Waals surface area contributed by atoms with Gasteiger partial charge in [0.1, 0.15) is 12.1 Å². The first-order valence-corrected chi connectivity index (χ1v) is 10.5. The molecule has 0 aromatic carbocycles. The van der Waals surface area contributed by atoms with Crippen molar-refractivity contribution < 1.29 is 14.0 Å². The first kappa shape index (κ1) is 19.6. The molecule has 2 aliphatic heterocycles. The van der Waals surface area contributed by atoms with Gasteiger partial charge in [0.15, 0.2) is 0 Å². The van der Waals surface area contributed by atoms with E-state index in [0.29, 0.717) is 49.7 Å². The highest BCUT2D eigenvalue weighted by Gasteiger charge is 2.57. The fraction of sp³-hybridized carbons (Fsp3) is 0.550. The second kappa shape index (κ2) is 7.39. The molecule has 0 unspecified atom stereocenters. The molecule has 30 heavy (non-hydrogen) atoms. The third kappa shape index (κ3) is 3.39. The number of piperidine rings is 1. The average Bonchev–Trinajstić information content (AvgIpc) is 3.31. The van der Waals surface area contributed by atoms with Crippen LogP contribution < -0.4 is 4.90 Å². The Balaban J connectivity index is 1.34. The summed E-state index contributed by atoms with van der Waals surface area (Å²) in [5.74, 6) is 0.0117. The summed E-state index contributed by atoms with van der Waals surface area (Å²) >= 11 is 5.91.